The van der Waals surface area contributed by atoms with Crippen LogP contribution in [0.4, 0.5) is 0 Å². The lowest BCUT2D eigenvalue weighted by molar-refractivity contribution is -0.144. The first-order valence-corrected chi connectivity index (χ1v) is 7.10. The van der Waals surface area contributed by atoms with Crippen molar-refractivity contribution in [2.75, 3.05) is 5.33 Å². The molecular formula is C12H21BrO. The third kappa shape index (κ3) is 2.33. The molecule has 14 heavy (non-hydrogen) atoms. The van der Waals surface area contributed by atoms with Crippen molar-refractivity contribution in [1.29, 1.82) is 0 Å². The first-order valence-electron chi connectivity index (χ1n) is 5.98. The van der Waals surface area contributed by atoms with Crippen LogP contribution < -0.4 is 0 Å². The quantitative estimate of drug-likeness (QED) is 0.650. The second-order valence-corrected chi connectivity index (χ2v) is 5.82. The summed E-state index contributed by atoms with van der Waals surface area (Å²) in [5.74, 6) is 0.873. The summed E-state index contributed by atoms with van der Waals surface area (Å²) in [6, 6.07) is 0. The molecule has 82 valence electrons. The van der Waals surface area contributed by atoms with Crippen molar-refractivity contribution in [3.63, 3.8) is 0 Å². The Kier molecular flexibility index (Phi) is 3.54. The van der Waals surface area contributed by atoms with Gasteiger partial charge in [-0.3, -0.25) is 0 Å². The van der Waals surface area contributed by atoms with E-state index in [1.165, 1.54) is 44.9 Å². The van der Waals surface area contributed by atoms with E-state index in [1.54, 1.807) is 0 Å². The fourth-order valence-electron chi connectivity index (χ4n) is 3.18. The zero-order valence-corrected chi connectivity index (χ0v) is 10.7. The van der Waals surface area contributed by atoms with Gasteiger partial charge in [-0.05, 0) is 38.0 Å². The molecule has 2 rings (SSSR count). The van der Waals surface area contributed by atoms with Crippen molar-refractivity contribution >= 4 is 15.9 Å². The Bertz CT molecular complexity index is 191. The predicted octanol–water partition coefficient (Wildman–Crippen LogP) is 3.90. The Morgan fingerprint density at radius 3 is 2.64 bits per heavy atom. The zero-order valence-electron chi connectivity index (χ0n) is 9.10. The standard InChI is InChI=1S/C12H21BrO/c1-10-4-2-6-12(8-10)7-3-5-11(9-13)14-12/h10-11H,2-9H2,1H3. The van der Waals surface area contributed by atoms with Crippen molar-refractivity contribution in [3.8, 4) is 0 Å². The zero-order chi connectivity index (χ0) is 10.0. The molecule has 1 saturated carbocycles. The molecule has 0 amide bonds. The van der Waals surface area contributed by atoms with Crippen molar-refractivity contribution in [1.82, 2.24) is 0 Å². The summed E-state index contributed by atoms with van der Waals surface area (Å²) < 4.78 is 6.29. The molecule has 0 bridgehead atoms. The highest BCUT2D eigenvalue weighted by molar-refractivity contribution is 9.09. The Morgan fingerprint density at radius 2 is 2.00 bits per heavy atom. The molecule has 1 heterocycles. The molecule has 2 aliphatic rings. The highest BCUT2D eigenvalue weighted by atomic mass is 79.9. The minimum Gasteiger partial charge on any atom is -0.371 e. The Hall–Kier alpha value is 0.440. The normalized spacial score (nSPS) is 44.1. The molecular weight excluding hydrogens is 240 g/mol. The summed E-state index contributed by atoms with van der Waals surface area (Å²) in [5.41, 5.74) is 0.272. The molecule has 0 aromatic heterocycles. The molecule has 1 nitrogen and oxygen atoms in total. The highest BCUT2D eigenvalue weighted by Gasteiger charge is 2.39. The average Bonchev–Trinajstić information content (AvgIpc) is 2.17. The second kappa shape index (κ2) is 4.52. The molecule has 3 atom stereocenters. The minimum absolute atomic E-state index is 0.272. The molecule has 2 fully saturated rings. The van der Waals surface area contributed by atoms with Crippen LogP contribution in [0.2, 0.25) is 0 Å². The lowest BCUT2D eigenvalue weighted by atomic mass is 9.74. The van der Waals surface area contributed by atoms with Crippen LogP contribution >= 0.6 is 15.9 Å². The summed E-state index contributed by atoms with van der Waals surface area (Å²) in [7, 11) is 0. The van der Waals surface area contributed by atoms with Gasteiger partial charge in [-0.15, -0.1) is 0 Å². The van der Waals surface area contributed by atoms with Gasteiger partial charge in [0, 0.05) is 5.33 Å². The summed E-state index contributed by atoms with van der Waals surface area (Å²) in [5, 5.41) is 1.02. The molecule has 1 aliphatic heterocycles. The van der Waals surface area contributed by atoms with E-state index in [9.17, 15) is 0 Å². The van der Waals surface area contributed by atoms with Crippen LogP contribution in [0.15, 0.2) is 0 Å². The molecule has 0 N–H and O–H groups in total. The van der Waals surface area contributed by atoms with E-state index in [4.69, 9.17) is 4.74 Å². The molecule has 2 heteroatoms. The Labute approximate surface area is 95.7 Å². The number of hydrogen-bond donors (Lipinski definition) is 0. The molecule has 1 saturated heterocycles. The average molecular weight is 261 g/mol. The number of alkyl halides is 1. The van der Waals surface area contributed by atoms with Gasteiger partial charge in [0.05, 0.1) is 11.7 Å². The van der Waals surface area contributed by atoms with E-state index in [1.807, 2.05) is 0 Å². The first kappa shape index (κ1) is 10.9. The lowest BCUT2D eigenvalue weighted by Crippen LogP contribution is -2.44. The van der Waals surface area contributed by atoms with Crippen molar-refractivity contribution in [2.45, 2.75) is 63.6 Å². The van der Waals surface area contributed by atoms with E-state index in [0.717, 1.165) is 11.2 Å². The summed E-state index contributed by atoms with van der Waals surface area (Å²) >= 11 is 3.55. The maximum Gasteiger partial charge on any atom is 0.0689 e. The number of halogens is 1. The smallest absolute Gasteiger partial charge is 0.0689 e. The van der Waals surface area contributed by atoms with Crippen LogP contribution in [-0.2, 0) is 4.74 Å². The van der Waals surface area contributed by atoms with Gasteiger partial charge in [0.15, 0.2) is 0 Å². The maximum atomic E-state index is 6.29. The first-order chi connectivity index (χ1) is 6.74. The fraction of sp³-hybridized carbons (Fsp3) is 1.00. The monoisotopic (exact) mass is 260 g/mol. The van der Waals surface area contributed by atoms with Crippen LogP contribution in [0.25, 0.3) is 0 Å². The highest BCUT2D eigenvalue weighted by Crippen LogP contribution is 2.42. The largest absolute Gasteiger partial charge is 0.371 e. The van der Waals surface area contributed by atoms with Gasteiger partial charge in [-0.2, -0.15) is 0 Å². The number of ether oxygens (including phenoxy) is 1. The number of hydrogen-bond acceptors (Lipinski definition) is 1. The molecule has 0 aromatic carbocycles. The second-order valence-electron chi connectivity index (χ2n) is 5.17. The van der Waals surface area contributed by atoms with Gasteiger partial charge in [0.2, 0.25) is 0 Å². The van der Waals surface area contributed by atoms with Crippen LogP contribution in [-0.4, -0.2) is 17.0 Å². The summed E-state index contributed by atoms with van der Waals surface area (Å²) in [6.07, 6.45) is 9.79. The van der Waals surface area contributed by atoms with E-state index in [2.05, 4.69) is 22.9 Å². The minimum atomic E-state index is 0.272. The van der Waals surface area contributed by atoms with E-state index in [0.29, 0.717) is 6.10 Å². The van der Waals surface area contributed by atoms with Crippen LogP contribution in [0.1, 0.15) is 51.9 Å². The lowest BCUT2D eigenvalue weighted by Gasteiger charge is -2.45. The summed E-state index contributed by atoms with van der Waals surface area (Å²) in [6.45, 7) is 2.38. The number of rotatable bonds is 1. The van der Waals surface area contributed by atoms with Crippen LogP contribution in [0.3, 0.4) is 0 Å². The van der Waals surface area contributed by atoms with Crippen LogP contribution in [0, 0.1) is 5.92 Å². The molecule has 1 aliphatic carbocycles. The summed E-state index contributed by atoms with van der Waals surface area (Å²) in [4.78, 5) is 0. The topological polar surface area (TPSA) is 9.23 Å². The SMILES string of the molecule is CC1CCCC2(CCCC(CBr)O2)C1. The van der Waals surface area contributed by atoms with Crippen molar-refractivity contribution < 1.29 is 4.74 Å². The van der Waals surface area contributed by atoms with E-state index in [-0.39, 0.29) is 5.60 Å². The molecule has 1 spiro atoms. The predicted molar refractivity (Wildman–Crippen MR) is 62.9 cm³/mol. The fourth-order valence-corrected chi connectivity index (χ4v) is 3.63. The van der Waals surface area contributed by atoms with Gasteiger partial charge in [-0.1, -0.05) is 35.7 Å². The van der Waals surface area contributed by atoms with Gasteiger partial charge in [0.25, 0.3) is 0 Å². The van der Waals surface area contributed by atoms with E-state index >= 15 is 0 Å². The Balaban J connectivity index is 1.99. The van der Waals surface area contributed by atoms with Gasteiger partial charge in [0.1, 0.15) is 0 Å². The van der Waals surface area contributed by atoms with Gasteiger partial charge >= 0.3 is 0 Å². The van der Waals surface area contributed by atoms with E-state index < -0.39 is 0 Å². The third-order valence-corrected chi connectivity index (χ3v) is 4.52. The molecule has 0 aromatic rings. The Morgan fingerprint density at radius 1 is 1.29 bits per heavy atom. The molecule has 0 radical (unpaired) electrons. The van der Waals surface area contributed by atoms with Crippen molar-refractivity contribution in [2.24, 2.45) is 5.92 Å². The molecule has 3 unspecified atom stereocenters. The maximum absolute atomic E-state index is 6.29. The third-order valence-electron chi connectivity index (χ3n) is 3.80. The van der Waals surface area contributed by atoms with Gasteiger partial charge < -0.3 is 4.74 Å². The van der Waals surface area contributed by atoms with Crippen LogP contribution in [0.5, 0.6) is 0 Å². The van der Waals surface area contributed by atoms with Crippen molar-refractivity contribution in [3.05, 3.63) is 0 Å². The van der Waals surface area contributed by atoms with Gasteiger partial charge in [-0.25, -0.2) is 0 Å².